The average Bonchev–Trinajstić information content (AvgIpc) is 3.30. The van der Waals surface area contributed by atoms with E-state index >= 15 is 0 Å². The van der Waals surface area contributed by atoms with E-state index in [1.54, 1.807) is 48.9 Å². The van der Waals surface area contributed by atoms with Crippen LogP contribution >= 0.6 is 0 Å². The lowest BCUT2D eigenvalue weighted by molar-refractivity contribution is -0.116. The second-order valence-corrected chi connectivity index (χ2v) is 5.60. The Morgan fingerprint density at radius 2 is 1.81 bits per heavy atom. The molecule has 0 unspecified atom stereocenters. The van der Waals surface area contributed by atoms with Gasteiger partial charge in [-0.05, 0) is 36.4 Å². The highest BCUT2D eigenvalue weighted by molar-refractivity contribution is 5.90. The largest absolute Gasteiger partial charge is 0.350 e. The number of rotatable bonds is 5. The molecule has 130 valence electrons. The molecule has 1 N–H and O–H groups in total. The zero-order valence-electron chi connectivity index (χ0n) is 13.7. The van der Waals surface area contributed by atoms with Gasteiger partial charge >= 0.3 is 5.69 Å². The fourth-order valence-corrected chi connectivity index (χ4v) is 2.57. The molecule has 0 saturated carbocycles. The first-order valence-corrected chi connectivity index (χ1v) is 8.01. The third-order valence-electron chi connectivity index (χ3n) is 3.84. The third kappa shape index (κ3) is 3.09. The topological polar surface area (TPSA) is 99.1 Å². The molecular weight excluding hydrogens is 334 g/mol. The van der Waals surface area contributed by atoms with Gasteiger partial charge in [0.1, 0.15) is 0 Å². The van der Waals surface area contributed by atoms with E-state index in [9.17, 15) is 9.59 Å². The van der Waals surface area contributed by atoms with E-state index in [4.69, 9.17) is 0 Å². The van der Waals surface area contributed by atoms with Crippen molar-refractivity contribution in [2.24, 2.45) is 0 Å². The Kier molecular flexibility index (Phi) is 4.02. The van der Waals surface area contributed by atoms with Gasteiger partial charge in [0, 0.05) is 18.3 Å². The zero-order valence-corrected chi connectivity index (χ0v) is 13.7. The molecule has 9 heteroatoms. The van der Waals surface area contributed by atoms with Crippen LogP contribution in [-0.2, 0) is 11.3 Å². The van der Waals surface area contributed by atoms with Gasteiger partial charge in [-0.3, -0.25) is 9.20 Å². The fourth-order valence-electron chi connectivity index (χ4n) is 2.57. The lowest BCUT2D eigenvalue weighted by Crippen LogP contribution is -2.24. The molecule has 26 heavy (non-hydrogen) atoms. The third-order valence-corrected chi connectivity index (χ3v) is 3.84. The predicted octanol–water partition coefficient (Wildman–Crippen LogP) is 1.11. The Morgan fingerprint density at radius 1 is 1.04 bits per heavy atom. The lowest BCUT2D eigenvalue weighted by Gasteiger charge is -2.06. The lowest BCUT2D eigenvalue weighted by atomic mass is 10.2. The van der Waals surface area contributed by atoms with E-state index in [0.717, 1.165) is 5.69 Å². The van der Waals surface area contributed by atoms with E-state index in [-0.39, 0.29) is 24.6 Å². The van der Waals surface area contributed by atoms with Crippen LogP contribution in [0.25, 0.3) is 11.3 Å². The van der Waals surface area contributed by atoms with Gasteiger partial charge in [-0.2, -0.15) is 15.0 Å². The molecule has 0 aliphatic carbocycles. The van der Waals surface area contributed by atoms with Crippen LogP contribution in [0, 0.1) is 0 Å². The average molecular weight is 349 g/mol. The fraction of sp³-hybridized carbons (Fsp3) is 0.118. The van der Waals surface area contributed by atoms with E-state index in [0.29, 0.717) is 11.3 Å². The van der Waals surface area contributed by atoms with Gasteiger partial charge in [-0.25, -0.2) is 9.48 Å². The number of aromatic nitrogens is 6. The molecule has 0 radical (unpaired) electrons. The second kappa shape index (κ2) is 6.63. The molecular formula is C17H15N7O2. The molecule has 0 atom stereocenters. The van der Waals surface area contributed by atoms with Crippen LogP contribution in [0.5, 0.6) is 0 Å². The molecule has 0 saturated heterocycles. The molecule has 4 rings (SSSR count). The van der Waals surface area contributed by atoms with Gasteiger partial charge in [-0.1, -0.05) is 6.07 Å². The highest BCUT2D eigenvalue weighted by Crippen LogP contribution is 2.12. The van der Waals surface area contributed by atoms with E-state index in [1.165, 1.54) is 13.9 Å². The van der Waals surface area contributed by atoms with Gasteiger partial charge < -0.3 is 5.32 Å². The Balaban J connectivity index is 1.39. The summed E-state index contributed by atoms with van der Waals surface area (Å²) in [6, 6.07) is 12.5. The van der Waals surface area contributed by atoms with Crippen molar-refractivity contribution in [2.75, 3.05) is 5.32 Å². The number of amides is 1. The predicted molar refractivity (Wildman–Crippen MR) is 94.1 cm³/mol. The quantitative estimate of drug-likeness (QED) is 0.582. The standard InChI is InChI=1S/C17H15N7O2/c25-16(8-12-23-17(26)22-11-2-1-3-15(22)21-23)20-13-4-6-14(7-5-13)24-18-9-10-19-24/h1-7,9-11H,8,12H2,(H,20,25). The number of aryl methyl sites for hydroxylation is 1. The van der Waals surface area contributed by atoms with Crippen LogP contribution in [0.15, 0.2) is 65.8 Å². The molecule has 3 aromatic heterocycles. The number of hydrogen-bond donors (Lipinski definition) is 1. The van der Waals surface area contributed by atoms with Crippen molar-refractivity contribution in [3.63, 3.8) is 0 Å². The molecule has 9 nitrogen and oxygen atoms in total. The zero-order chi connectivity index (χ0) is 17.9. The van der Waals surface area contributed by atoms with Crippen LogP contribution in [0.2, 0.25) is 0 Å². The van der Waals surface area contributed by atoms with Crippen LogP contribution < -0.4 is 11.0 Å². The van der Waals surface area contributed by atoms with Crippen LogP contribution in [0.1, 0.15) is 6.42 Å². The Labute approximate surface area is 147 Å². The monoisotopic (exact) mass is 349 g/mol. The van der Waals surface area contributed by atoms with E-state index in [2.05, 4.69) is 20.6 Å². The minimum absolute atomic E-state index is 0.145. The summed E-state index contributed by atoms with van der Waals surface area (Å²) < 4.78 is 2.74. The number of carbonyl (C=O) groups excluding carboxylic acids is 1. The molecule has 1 aromatic carbocycles. The molecule has 0 aliphatic heterocycles. The first kappa shape index (κ1) is 15.8. The van der Waals surface area contributed by atoms with Crippen molar-refractivity contribution >= 4 is 17.2 Å². The summed E-state index contributed by atoms with van der Waals surface area (Å²) >= 11 is 0. The van der Waals surface area contributed by atoms with Gasteiger partial charge in [0.05, 0.1) is 24.6 Å². The van der Waals surface area contributed by atoms with Crippen molar-refractivity contribution < 1.29 is 4.79 Å². The maximum absolute atomic E-state index is 12.2. The van der Waals surface area contributed by atoms with E-state index < -0.39 is 0 Å². The molecule has 0 aliphatic rings. The Hall–Kier alpha value is -3.75. The SMILES string of the molecule is O=C(CCn1nc2ccccn2c1=O)Nc1ccc(-n2nccn2)cc1. The first-order chi connectivity index (χ1) is 12.7. The van der Waals surface area contributed by atoms with E-state index in [1.807, 2.05) is 12.1 Å². The van der Waals surface area contributed by atoms with Gasteiger partial charge in [0.2, 0.25) is 5.91 Å². The summed E-state index contributed by atoms with van der Waals surface area (Å²) in [7, 11) is 0. The number of anilines is 1. The summed E-state index contributed by atoms with van der Waals surface area (Å²) in [6.07, 6.45) is 4.98. The van der Waals surface area contributed by atoms with Crippen LogP contribution in [0.4, 0.5) is 5.69 Å². The van der Waals surface area contributed by atoms with Crippen molar-refractivity contribution in [1.82, 2.24) is 29.2 Å². The summed E-state index contributed by atoms with van der Waals surface area (Å²) in [6.45, 7) is 0.210. The Bertz CT molecular complexity index is 1090. The smallest absolute Gasteiger partial charge is 0.326 e. The summed E-state index contributed by atoms with van der Waals surface area (Å²) in [5, 5.41) is 15.1. The van der Waals surface area contributed by atoms with Crippen LogP contribution in [0.3, 0.4) is 0 Å². The van der Waals surface area contributed by atoms with Crippen molar-refractivity contribution in [1.29, 1.82) is 0 Å². The van der Waals surface area contributed by atoms with Crippen molar-refractivity contribution in [3.8, 4) is 5.69 Å². The molecule has 0 fully saturated rings. The van der Waals surface area contributed by atoms with Crippen molar-refractivity contribution in [2.45, 2.75) is 13.0 Å². The number of nitrogens with one attached hydrogen (secondary N) is 1. The molecule has 1 amide bonds. The number of nitrogens with zero attached hydrogens (tertiary/aromatic N) is 6. The number of pyridine rings is 1. The highest BCUT2D eigenvalue weighted by atomic mass is 16.2. The number of hydrogen-bond acceptors (Lipinski definition) is 5. The minimum Gasteiger partial charge on any atom is -0.326 e. The molecule has 0 spiro atoms. The molecule has 0 bridgehead atoms. The number of fused-ring (bicyclic) bond motifs is 1. The molecule has 3 heterocycles. The normalized spacial score (nSPS) is 10.9. The van der Waals surface area contributed by atoms with Gasteiger partial charge in [0.25, 0.3) is 0 Å². The minimum atomic E-state index is -0.260. The summed E-state index contributed by atoms with van der Waals surface area (Å²) in [4.78, 5) is 25.8. The first-order valence-electron chi connectivity index (χ1n) is 8.01. The maximum atomic E-state index is 12.2. The van der Waals surface area contributed by atoms with Gasteiger partial charge in [0.15, 0.2) is 5.65 Å². The Morgan fingerprint density at radius 3 is 2.54 bits per heavy atom. The van der Waals surface area contributed by atoms with Crippen molar-refractivity contribution in [3.05, 3.63) is 71.5 Å². The summed E-state index contributed by atoms with van der Waals surface area (Å²) in [5.74, 6) is -0.195. The summed E-state index contributed by atoms with van der Waals surface area (Å²) in [5.41, 5.74) is 1.75. The van der Waals surface area contributed by atoms with Crippen LogP contribution in [-0.4, -0.2) is 35.1 Å². The van der Waals surface area contributed by atoms with Gasteiger partial charge in [-0.15, -0.1) is 5.10 Å². The maximum Gasteiger partial charge on any atom is 0.350 e. The number of carbonyl (C=O) groups is 1. The number of benzene rings is 1. The highest BCUT2D eigenvalue weighted by Gasteiger charge is 2.09. The second-order valence-electron chi connectivity index (χ2n) is 5.60. The molecule has 4 aromatic rings.